The third-order valence-electron chi connectivity index (χ3n) is 7.41. The number of aliphatic carboxylic acids is 1. The van der Waals surface area contributed by atoms with Gasteiger partial charge in [-0.1, -0.05) is 46.2 Å². The van der Waals surface area contributed by atoms with Crippen molar-refractivity contribution in [3.8, 4) is 5.75 Å². The monoisotopic (exact) mass is 729 g/mol. The topological polar surface area (TPSA) is 333 Å². The van der Waals surface area contributed by atoms with E-state index < -0.39 is 91.8 Å². The lowest BCUT2D eigenvalue weighted by molar-refractivity contribution is -0.142. The van der Waals surface area contributed by atoms with E-state index in [-0.39, 0.29) is 37.4 Å². The van der Waals surface area contributed by atoms with Gasteiger partial charge < -0.3 is 48.1 Å². The van der Waals surface area contributed by atoms with Crippen molar-refractivity contribution in [2.24, 2.45) is 29.0 Å². The molecule has 280 valence electrons. The summed E-state index contributed by atoms with van der Waals surface area (Å²) in [5.74, 6) is -7.37. The maximum absolute atomic E-state index is 13.6. The molecule has 1 rings (SSSR count). The van der Waals surface area contributed by atoms with Crippen molar-refractivity contribution in [2.75, 3.05) is 0 Å². The molecule has 0 bridgehead atoms. The lowest BCUT2D eigenvalue weighted by Crippen LogP contribution is -2.60. The molecule has 0 aromatic heterocycles. The second-order valence-corrected chi connectivity index (χ2v) is 13.4. The van der Waals surface area contributed by atoms with Gasteiger partial charge in [-0.2, -0.15) is 0 Å². The van der Waals surface area contributed by atoms with Crippen molar-refractivity contribution in [1.82, 2.24) is 21.3 Å². The number of carbonyl (C=O) groups excluding carboxylic acids is 6. The first-order valence-corrected chi connectivity index (χ1v) is 17.3. The number of primary amides is 2. The Balaban J connectivity index is 3.17. The standard InChI is InChI=1S/C30H48N7O12P/c1-5-16(4)25(37-28(42)21(14-24(33)39)34-26(40)19(31)10-11-23(32)38)29(43)35-20(12-15(2)3)27(41)36-22(30(44)45)13-17-6-8-18(9-7-17)49-50(46,47)48/h6-9,15-16,19-22,25H,5,10-14,31H2,1-4H3,(H2,32,38)(H2,33,39)(H,34,40)(H,35,43)(H,36,41)(H,37,42)(H,44,45)(H2,46,47,48). The van der Waals surface area contributed by atoms with Gasteiger partial charge in [0.25, 0.3) is 0 Å². The van der Waals surface area contributed by atoms with E-state index in [4.69, 9.17) is 27.0 Å². The van der Waals surface area contributed by atoms with E-state index in [1.165, 1.54) is 24.3 Å². The third-order valence-corrected chi connectivity index (χ3v) is 7.86. The van der Waals surface area contributed by atoms with E-state index in [1.807, 2.05) is 0 Å². The summed E-state index contributed by atoms with van der Waals surface area (Å²) in [4.78, 5) is 106. The number of amides is 6. The van der Waals surface area contributed by atoms with Crippen LogP contribution in [0, 0.1) is 11.8 Å². The Morgan fingerprint density at radius 2 is 1.34 bits per heavy atom. The van der Waals surface area contributed by atoms with Gasteiger partial charge in [0.15, 0.2) is 0 Å². The zero-order valence-electron chi connectivity index (χ0n) is 28.3. The number of hydrogen-bond donors (Lipinski definition) is 10. The summed E-state index contributed by atoms with van der Waals surface area (Å²) in [5.41, 5.74) is 16.5. The number of benzene rings is 1. The SMILES string of the molecule is CCC(C)C(NC(=O)C(CC(N)=O)NC(=O)C(N)CCC(N)=O)C(=O)NC(CC(C)C)C(=O)NC(Cc1ccc(OP(=O)(O)O)cc1)C(=O)O. The van der Waals surface area contributed by atoms with E-state index in [2.05, 4.69) is 25.8 Å². The Labute approximate surface area is 289 Å². The molecule has 19 nitrogen and oxygen atoms in total. The van der Waals surface area contributed by atoms with E-state index in [0.717, 1.165) is 0 Å². The number of carboxylic acids is 1. The molecule has 13 N–H and O–H groups in total. The minimum absolute atomic E-state index is 0.0725. The quantitative estimate of drug-likeness (QED) is 0.0595. The summed E-state index contributed by atoms with van der Waals surface area (Å²) in [6.07, 6.45) is -0.785. The summed E-state index contributed by atoms with van der Waals surface area (Å²) in [7, 11) is -4.81. The van der Waals surface area contributed by atoms with Crippen LogP contribution in [0.25, 0.3) is 0 Å². The van der Waals surface area contributed by atoms with Crippen LogP contribution in [0.3, 0.4) is 0 Å². The summed E-state index contributed by atoms with van der Waals surface area (Å²) in [6.45, 7) is 6.90. The lowest BCUT2D eigenvalue weighted by Gasteiger charge is -2.29. The highest BCUT2D eigenvalue weighted by Crippen LogP contribution is 2.37. The molecule has 0 radical (unpaired) electrons. The Morgan fingerprint density at radius 1 is 0.800 bits per heavy atom. The molecule has 0 fully saturated rings. The summed E-state index contributed by atoms with van der Waals surface area (Å²) in [6, 6.07) is -1.62. The van der Waals surface area contributed by atoms with Crippen LogP contribution in [-0.2, 0) is 44.5 Å². The van der Waals surface area contributed by atoms with Gasteiger partial charge in [0.2, 0.25) is 35.4 Å². The minimum Gasteiger partial charge on any atom is -0.480 e. The van der Waals surface area contributed by atoms with Crippen LogP contribution >= 0.6 is 7.82 Å². The molecule has 0 saturated carbocycles. The molecule has 0 saturated heterocycles. The fraction of sp³-hybridized carbons (Fsp3) is 0.567. The molecule has 50 heavy (non-hydrogen) atoms. The van der Waals surface area contributed by atoms with E-state index in [9.17, 15) is 43.2 Å². The van der Waals surface area contributed by atoms with Crippen LogP contribution in [0.4, 0.5) is 0 Å². The number of phosphoric acid groups is 1. The van der Waals surface area contributed by atoms with E-state index in [1.54, 1.807) is 27.7 Å². The van der Waals surface area contributed by atoms with Crippen LogP contribution in [0.15, 0.2) is 24.3 Å². The van der Waals surface area contributed by atoms with Crippen molar-refractivity contribution in [1.29, 1.82) is 0 Å². The molecular formula is C30H48N7O12P. The molecule has 0 aliphatic heterocycles. The van der Waals surface area contributed by atoms with E-state index >= 15 is 0 Å². The lowest BCUT2D eigenvalue weighted by atomic mass is 9.96. The van der Waals surface area contributed by atoms with Gasteiger partial charge >= 0.3 is 13.8 Å². The van der Waals surface area contributed by atoms with Crippen molar-refractivity contribution >= 4 is 49.2 Å². The maximum atomic E-state index is 13.6. The molecule has 6 atom stereocenters. The first kappa shape index (κ1) is 43.4. The Morgan fingerprint density at radius 3 is 1.82 bits per heavy atom. The second-order valence-electron chi connectivity index (χ2n) is 12.2. The highest BCUT2D eigenvalue weighted by molar-refractivity contribution is 7.46. The second kappa shape index (κ2) is 20.2. The highest BCUT2D eigenvalue weighted by atomic mass is 31.2. The first-order chi connectivity index (χ1) is 23.1. The number of hydrogen-bond acceptors (Lipinski definition) is 10. The fourth-order valence-corrected chi connectivity index (χ4v) is 4.97. The van der Waals surface area contributed by atoms with Crippen LogP contribution in [0.1, 0.15) is 65.4 Å². The average molecular weight is 730 g/mol. The van der Waals surface area contributed by atoms with Gasteiger partial charge in [-0.3, -0.25) is 38.6 Å². The molecule has 6 amide bonds. The summed E-state index contributed by atoms with van der Waals surface area (Å²) < 4.78 is 15.5. The van der Waals surface area contributed by atoms with Crippen LogP contribution < -0.4 is 43.0 Å². The van der Waals surface area contributed by atoms with Gasteiger partial charge in [0.05, 0.1) is 12.5 Å². The number of carboxylic acid groups (broad SMARTS) is 1. The van der Waals surface area contributed by atoms with Gasteiger partial charge in [0.1, 0.15) is 29.9 Å². The van der Waals surface area contributed by atoms with Gasteiger partial charge in [-0.15, -0.1) is 0 Å². The smallest absolute Gasteiger partial charge is 0.480 e. The number of nitrogens with two attached hydrogens (primary N) is 3. The molecule has 0 spiro atoms. The van der Waals surface area contributed by atoms with Crippen molar-refractivity contribution in [3.63, 3.8) is 0 Å². The summed E-state index contributed by atoms with van der Waals surface area (Å²) in [5, 5.41) is 19.6. The largest absolute Gasteiger partial charge is 0.524 e. The predicted octanol–water partition coefficient (Wildman–Crippen LogP) is -1.72. The van der Waals surface area contributed by atoms with Crippen LogP contribution in [-0.4, -0.2) is 86.5 Å². The van der Waals surface area contributed by atoms with Crippen LogP contribution in [0.5, 0.6) is 5.75 Å². The number of phosphoric ester groups is 1. The Bertz CT molecular complexity index is 1420. The molecule has 0 aliphatic carbocycles. The minimum atomic E-state index is -4.81. The van der Waals surface area contributed by atoms with Gasteiger partial charge in [-0.25, -0.2) is 9.36 Å². The first-order valence-electron chi connectivity index (χ1n) is 15.7. The highest BCUT2D eigenvalue weighted by Gasteiger charge is 2.34. The van der Waals surface area contributed by atoms with E-state index in [0.29, 0.717) is 12.0 Å². The summed E-state index contributed by atoms with van der Waals surface area (Å²) >= 11 is 0. The molecule has 1 aromatic rings. The normalized spacial score (nSPS) is 15.0. The zero-order chi connectivity index (χ0) is 38.3. The maximum Gasteiger partial charge on any atom is 0.524 e. The van der Waals surface area contributed by atoms with Crippen molar-refractivity contribution in [2.45, 2.75) is 96.4 Å². The van der Waals surface area contributed by atoms with Crippen molar-refractivity contribution < 1.29 is 57.5 Å². The Hall–Kier alpha value is -4.58. The number of nitrogens with one attached hydrogen (secondary N) is 4. The van der Waals surface area contributed by atoms with Gasteiger partial charge in [-0.05, 0) is 42.4 Å². The Kier molecular flexibility index (Phi) is 17.5. The van der Waals surface area contributed by atoms with Crippen LogP contribution in [0.2, 0.25) is 0 Å². The average Bonchev–Trinajstić information content (AvgIpc) is 3.00. The fourth-order valence-electron chi connectivity index (χ4n) is 4.57. The molecule has 6 unspecified atom stereocenters. The zero-order valence-corrected chi connectivity index (χ0v) is 29.2. The third kappa shape index (κ3) is 16.2. The molecule has 1 aromatic carbocycles. The molecule has 0 heterocycles. The molecule has 20 heteroatoms. The number of rotatable bonds is 22. The molecular weight excluding hydrogens is 681 g/mol. The van der Waals surface area contributed by atoms with Crippen molar-refractivity contribution in [3.05, 3.63) is 29.8 Å². The van der Waals surface area contributed by atoms with Gasteiger partial charge in [0, 0.05) is 12.8 Å². The molecule has 0 aliphatic rings. The predicted molar refractivity (Wildman–Crippen MR) is 177 cm³/mol. The number of carbonyl (C=O) groups is 7.